The van der Waals surface area contributed by atoms with Gasteiger partial charge in [-0.15, -0.1) is 0 Å². The van der Waals surface area contributed by atoms with Crippen molar-refractivity contribution in [2.45, 2.75) is 57.8 Å². The fourth-order valence-corrected chi connectivity index (χ4v) is 12.8. The number of fused-ring (bicyclic) bond motifs is 15. The second-order valence-corrected chi connectivity index (χ2v) is 23.2. The average molecular weight is 990 g/mol. The van der Waals surface area contributed by atoms with Crippen LogP contribution in [0.3, 0.4) is 0 Å². The zero-order chi connectivity index (χ0) is 52.2. The van der Waals surface area contributed by atoms with Crippen molar-refractivity contribution in [1.29, 1.82) is 0 Å². The Kier molecular flexibility index (Phi) is 10.6. The minimum absolute atomic E-state index is 0.0659. The third-order valence-electron chi connectivity index (χ3n) is 16.6. The molecule has 2 nitrogen and oxygen atoms in total. The number of para-hydroxylation sites is 2. The van der Waals surface area contributed by atoms with Crippen LogP contribution in [0.15, 0.2) is 253 Å². The molecule has 2 aliphatic rings. The summed E-state index contributed by atoms with van der Waals surface area (Å²) in [5.74, 6) is 0. The Bertz CT molecular complexity index is 4190. The van der Waals surface area contributed by atoms with Gasteiger partial charge in [0.2, 0.25) is 0 Å². The Labute approximate surface area is 452 Å². The van der Waals surface area contributed by atoms with Crippen LogP contribution in [-0.2, 0) is 16.2 Å². The van der Waals surface area contributed by atoms with E-state index in [1.807, 2.05) is 6.07 Å². The second kappa shape index (κ2) is 17.5. The molecule has 0 saturated carbocycles. The molecular weight excluding hydrogens is 931 g/mol. The van der Waals surface area contributed by atoms with E-state index in [0.29, 0.717) is 0 Å². The zero-order valence-corrected chi connectivity index (χ0v) is 44.5. The molecule has 1 aromatic heterocycles. The number of anilines is 3. The van der Waals surface area contributed by atoms with Crippen LogP contribution in [0.4, 0.5) is 17.1 Å². The fourth-order valence-electron chi connectivity index (χ4n) is 12.8. The molecule has 12 aromatic rings. The van der Waals surface area contributed by atoms with Crippen molar-refractivity contribution in [2.75, 3.05) is 4.90 Å². The molecule has 370 valence electrons. The van der Waals surface area contributed by atoms with Crippen LogP contribution in [0.1, 0.15) is 74.9 Å². The minimum atomic E-state index is -0.612. The molecule has 0 amide bonds. The highest BCUT2D eigenvalue weighted by Crippen LogP contribution is 2.64. The summed E-state index contributed by atoms with van der Waals surface area (Å²) >= 11 is 0. The van der Waals surface area contributed by atoms with Crippen molar-refractivity contribution in [1.82, 2.24) is 0 Å². The summed E-state index contributed by atoms with van der Waals surface area (Å²) in [5, 5.41) is 2.26. The molecule has 0 N–H and O–H groups in total. The molecule has 14 rings (SSSR count). The molecule has 2 heteroatoms. The summed E-state index contributed by atoms with van der Waals surface area (Å²) < 4.78 is 6.51. The second-order valence-electron chi connectivity index (χ2n) is 23.2. The minimum Gasteiger partial charge on any atom is -0.455 e. The molecule has 77 heavy (non-hydrogen) atoms. The third kappa shape index (κ3) is 7.37. The zero-order valence-electron chi connectivity index (χ0n) is 44.5. The molecule has 2 aliphatic carbocycles. The summed E-state index contributed by atoms with van der Waals surface area (Å²) in [6.07, 6.45) is 0. The molecule has 11 aromatic carbocycles. The van der Waals surface area contributed by atoms with Gasteiger partial charge >= 0.3 is 0 Å². The molecule has 0 fully saturated rings. The van der Waals surface area contributed by atoms with Crippen LogP contribution in [0.2, 0.25) is 0 Å². The van der Waals surface area contributed by atoms with Gasteiger partial charge in [-0.3, -0.25) is 0 Å². The number of nitrogens with zero attached hydrogens (tertiary/aromatic N) is 1. The molecule has 0 atom stereocenters. The van der Waals surface area contributed by atoms with E-state index >= 15 is 0 Å². The van der Waals surface area contributed by atoms with Crippen LogP contribution in [0, 0.1) is 0 Å². The van der Waals surface area contributed by atoms with Crippen molar-refractivity contribution >= 4 is 39.0 Å². The summed E-state index contributed by atoms with van der Waals surface area (Å²) in [5.41, 5.74) is 26.9. The Morgan fingerprint density at radius 1 is 0.312 bits per heavy atom. The van der Waals surface area contributed by atoms with Crippen LogP contribution in [0.5, 0.6) is 0 Å². The molecular formula is C75H59NO. The monoisotopic (exact) mass is 989 g/mol. The molecule has 0 unspecified atom stereocenters. The van der Waals surface area contributed by atoms with Crippen molar-refractivity contribution in [3.8, 4) is 66.8 Å². The number of hydrogen-bond acceptors (Lipinski definition) is 2. The van der Waals surface area contributed by atoms with Crippen molar-refractivity contribution in [3.63, 3.8) is 0 Å². The lowest BCUT2D eigenvalue weighted by atomic mass is 9.64. The molecule has 1 heterocycles. The normalized spacial score (nSPS) is 13.2. The predicted octanol–water partition coefficient (Wildman–Crippen LogP) is 20.7. The Hall–Kier alpha value is -8.98. The van der Waals surface area contributed by atoms with E-state index < -0.39 is 5.41 Å². The molecule has 1 spiro atoms. The van der Waals surface area contributed by atoms with Crippen LogP contribution < -0.4 is 4.90 Å². The van der Waals surface area contributed by atoms with Gasteiger partial charge in [0.1, 0.15) is 11.2 Å². The van der Waals surface area contributed by atoms with Gasteiger partial charge in [-0.25, -0.2) is 0 Å². The molecule has 0 radical (unpaired) electrons. The molecule has 0 bridgehead atoms. The van der Waals surface area contributed by atoms with Crippen molar-refractivity contribution < 1.29 is 4.42 Å². The highest BCUT2D eigenvalue weighted by molar-refractivity contribution is 6.09. The quantitative estimate of drug-likeness (QED) is 0.165. The smallest absolute Gasteiger partial charge is 0.143 e. The van der Waals surface area contributed by atoms with E-state index in [-0.39, 0.29) is 10.8 Å². The summed E-state index contributed by atoms with van der Waals surface area (Å²) in [6.45, 7) is 14.1. The lowest BCUT2D eigenvalue weighted by Crippen LogP contribution is -2.30. The van der Waals surface area contributed by atoms with Gasteiger partial charge in [-0.1, -0.05) is 242 Å². The number of furan rings is 1. The lowest BCUT2D eigenvalue weighted by Gasteiger charge is -2.37. The molecule has 0 saturated heterocycles. The van der Waals surface area contributed by atoms with Gasteiger partial charge in [0.05, 0.1) is 5.41 Å². The first-order valence-corrected chi connectivity index (χ1v) is 27.2. The topological polar surface area (TPSA) is 16.4 Å². The fraction of sp³-hybridized carbons (Fsp3) is 0.120. The SMILES string of the molecule is CC(C)(C)c1ccc2c(c1)C1(c3ccccc3-c3ccccc3-c3ccccc31)c1cc(C(C)(C)C)cc(-c3ccc(N(c4ccc(-c5ccccc5)cc4)c4ccc(-c5cccc6c5oc5ccccc56)cc4)cc3)c1-2. The van der Waals surface area contributed by atoms with Gasteiger partial charge in [-0.05, 0) is 154 Å². The van der Waals surface area contributed by atoms with E-state index in [1.54, 1.807) is 0 Å². The Morgan fingerprint density at radius 3 is 1.38 bits per heavy atom. The lowest BCUT2D eigenvalue weighted by molar-refractivity contribution is 0.586. The van der Waals surface area contributed by atoms with E-state index in [4.69, 9.17) is 4.42 Å². The number of rotatable bonds is 6. The highest BCUT2D eigenvalue weighted by Gasteiger charge is 2.51. The van der Waals surface area contributed by atoms with Crippen LogP contribution in [-0.4, -0.2) is 0 Å². The van der Waals surface area contributed by atoms with Crippen LogP contribution in [0.25, 0.3) is 88.7 Å². The number of hydrogen-bond donors (Lipinski definition) is 0. The van der Waals surface area contributed by atoms with E-state index in [2.05, 4.69) is 289 Å². The summed E-state index contributed by atoms with van der Waals surface area (Å²) in [4.78, 5) is 2.38. The van der Waals surface area contributed by atoms with Crippen molar-refractivity contribution in [3.05, 3.63) is 282 Å². The first-order chi connectivity index (χ1) is 37.4. The number of benzene rings is 11. The molecule has 0 aliphatic heterocycles. The average Bonchev–Trinajstić information content (AvgIpc) is 4.20. The highest BCUT2D eigenvalue weighted by atomic mass is 16.3. The largest absolute Gasteiger partial charge is 0.455 e. The predicted molar refractivity (Wildman–Crippen MR) is 324 cm³/mol. The first-order valence-electron chi connectivity index (χ1n) is 27.2. The van der Waals surface area contributed by atoms with Crippen LogP contribution >= 0.6 is 0 Å². The maximum atomic E-state index is 6.51. The van der Waals surface area contributed by atoms with Gasteiger partial charge in [0, 0.05) is 33.4 Å². The van der Waals surface area contributed by atoms with Crippen molar-refractivity contribution in [2.24, 2.45) is 0 Å². The first kappa shape index (κ1) is 46.5. The Balaban J connectivity index is 0.962. The van der Waals surface area contributed by atoms with E-state index in [9.17, 15) is 0 Å². The van der Waals surface area contributed by atoms with E-state index in [1.165, 1.54) is 89.0 Å². The Morgan fingerprint density at radius 2 is 0.779 bits per heavy atom. The van der Waals surface area contributed by atoms with Gasteiger partial charge in [0.15, 0.2) is 0 Å². The maximum absolute atomic E-state index is 6.51. The van der Waals surface area contributed by atoms with Gasteiger partial charge in [-0.2, -0.15) is 0 Å². The summed E-state index contributed by atoms with van der Waals surface area (Å²) in [6, 6.07) is 92.7. The van der Waals surface area contributed by atoms with Gasteiger partial charge in [0.25, 0.3) is 0 Å². The van der Waals surface area contributed by atoms with E-state index in [0.717, 1.165) is 50.1 Å². The standard InChI is InChI=1S/C75H59NO/c1-73(2,3)52-37-44-64-68(46-52)75(66-28-15-12-23-60(66)58-21-10-11-22-59(58)61-24-13-16-29-67(61)75)69-47-53(74(4,5)6)45-65(71(64)69)51-35-42-56(43-36-51)76(54-38-31-49(32-39-54)48-19-8-7-9-20-48)55-40-33-50(34-41-55)57-26-18-27-63-62-25-14-17-30-70(62)77-72(57)63/h7-47H,1-6H3. The van der Waals surface area contributed by atoms with Gasteiger partial charge < -0.3 is 9.32 Å². The third-order valence-corrected chi connectivity index (χ3v) is 16.6. The summed E-state index contributed by atoms with van der Waals surface area (Å²) in [7, 11) is 0. The maximum Gasteiger partial charge on any atom is 0.143 e.